The van der Waals surface area contributed by atoms with Gasteiger partial charge in [-0.25, -0.2) is 0 Å². The van der Waals surface area contributed by atoms with Gasteiger partial charge in [0.15, 0.2) is 0 Å². The molecule has 0 saturated carbocycles. The lowest BCUT2D eigenvalue weighted by Gasteiger charge is -2.35. The summed E-state index contributed by atoms with van der Waals surface area (Å²) in [5.74, 6) is -1.77. The van der Waals surface area contributed by atoms with Crippen molar-refractivity contribution in [2.45, 2.75) is 43.4 Å². The zero-order valence-electron chi connectivity index (χ0n) is 12.7. The van der Waals surface area contributed by atoms with Crippen LogP contribution in [0.15, 0.2) is 29.2 Å². The Bertz CT molecular complexity index is 434. The standard InChI is InChI=1S/C16H24F2N2S/c1-3-20-10-8-13(9-11-20)12(2)19-14-6-4-5-7-15(14)21-16(17)18/h4-7,12-13,16,19H,3,8-11H2,1-2H3. The van der Waals surface area contributed by atoms with Gasteiger partial charge >= 0.3 is 0 Å². The fourth-order valence-corrected chi connectivity index (χ4v) is 3.52. The molecule has 1 aliphatic heterocycles. The van der Waals surface area contributed by atoms with E-state index in [1.165, 1.54) is 12.8 Å². The predicted molar refractivity (Wildman–Crippen MR) is 86.2 cm³/mol. The van der Waals surface area contributed by atoms with Crippen molar-refractivity contribution < 1.29 is 8.78 Å². The van der Waals surface area contributed by atoms with Gasteiger partial charge in [-0.3, -0.25) is 0 Å². The van der Waals surface area contributed by atoms with Crippen molar-refractivity contribution in [3.63, 3.8) is 0 Å². The van der Waals surface area contributed by atoms with Crippen LogP contribution in [0.3, 0.4) is 0 Å². The molecule has 1 heterocycles. The average molecular weight is 314 g/mol. The Balaban J connectivity index is 1.95. The van der Waals surface area contributed by atoms with E-state index in [9.17, 15) is 8.78 Å². The van der Waals surface area contributed by atoms with Gasteiger partial charge in [-0.05, 0) is 57.5 Å². The van der Waals surface area contributed by atoms with Crippen LogP contribution in [0.4, 0.5) is 14.5 Å². The normalized spacial score (nSPS) is 18.9. The lowest BCUT2D eigenvalue weighted by Crippen LogP contribution is -2.39. The molecule has 0 amide bonds. The molecule has 2 rings (SSSR count). The van der Waals surface area contributed by atoms with Gasteiger partial charge in [0.25, 0.3) is 5.76 Å². The Kier molecular flexibility index (Phi) is 6.30. The summed E-state index contributed by atoms with van der Waals surface area (Å²) in [5, 5.41) is 3.45. The van der Waals surface area contributed by atoms with Crippen LogP contribution in [0.5, 0.6) is 0 Å². The number of piperidine rings is 1. The average Bonchev–Trinajstić information content (AvgIpc) is 2.49. The molecule has 1 unspecified atom stereocenters. The maximum absolute atomic E-state index is 12.6. The van der Waals surface area contributed by atoms with E-state index in [0.717, 1.165) is 25.3 Å². The zero-order valence-corrected chi connectivity index (χ0v) is 13.5. The third-order valence-electron chi connectivity index (χ3n) is 4.27. The molecule has 0 aliphatic carbocycles. The first-order valence-corrected chi connectivity index (χ1v) is 8.50. The molecule has 118 valence electrons. The molecule has 5 heteroatoms. The zero-order chi connectivity index (χ0) is 15.2. The lowest BCUT2D eigenvalue weighted by molar-refractivity contribution is 0.183. The van der Waals surface area contributed by atoms with Crippen molar-refractivity contribution in [3.8, 4) is 0 Å². The molecule has 0 bridgehead atoms. The number of hydrogen-bond acceptors (Lipinski definition) is 3. The molecule has 1 N–H and O–H groups in total. The molecule has 1 saturated heterocycles. The summed E-state index contributed by atoms with van der Waals surface area (Å²) in [6.45, 7) is 7.75. The van der Waals surface area contributed by atoms with Crippen molar-refractivity contribution >= 4 is 17.4 Å². The van der Waals surface area contributed by atoms with Crippen LogP contribution < -0.4 is 5.32 Å². The van der Waals surface area contributed by atoms with Crippen molar-refractivity contribution in [2.24, 2.45) is 5.92 Å². The maximum Gasteiger partial charge on any atom is 0.288 e. The minimum atomic E-state index is -2.38. The molecule has 0 aromatic heterocycles. The van der Waals surface area contributed by atoms with Crippen LogP contribution in [-0.2, 0) is 0 Å². The molecule has 1 aliphatic rings. The molecule has 0 spiro atoms. The second-order valence-electron chi connectivity index (χ2n) is 5.58. The van der Waals surface area contributed by atoms with Gasteiger partial charge < -0.3 is 10.2 Å². The van der Waals surface area contributed by atoms with Crippen LogP contribution in [-0.4, -0.2) is 36.3 Å². The summed E-state index contributed by atoms with van der Waals surface area (Å²) >= 11 is 0.614. The number of anilines is 1. The molecule has 1 aromatic rings. The SMILES string of the molecule is CCN1CCC(C(C)Nc2ccccc2SC(F)F)CC1. The van der Waals surface area contributed by atoms with Crippen LogP contribution in [0, 0.1) is 5.92 Å². The fraction of sp³-hybridized carbons (Fsp3) is 0.625. The Morgan fingerprint density at radius 1 is 1.29 bits per heavy atom. The van der Waals surface area contributed by atoms with E-state index >= 15 is 0 Å². The van der Waals surface area contributed by atoms with E-state index in [1.807, 2.05) is 12.1 Å². The largest absolute Gasteiger partial charge is 0.381 e. The van der Waals surface area contributed by atoms with Crippen molar-refractivity contribution in [1.29, 1.82) is 0 Å². The minimum Gasteiger partial charge on any atom is -0.381 e. The molecule has 1 fully saturated rings. The first kappa shape index (κ1) is 16.6. The van der Waals surface area contributed by atoms with Crippen molar-refractivity contribution in [1.82, 2.24) is 4.90 Å². The number of alkyl halides is 2. The highest BCUT2D eigenvalue weighted by Gasteiger charge is 2.23. The highest BCUT2D eigenvalue weighted by molar-refractivity contribution is 7.99. The third kappa shape index (κ3) is 4.85. The monoisotopic (exact) mass is 314 g/mol. The van der Waals surface area contributed by atoms with E-state index in [2.05, 4.69) is 24.1 Å². The van der Waals surface area contributed by atoms with E-state index < -0.39 is 5.76 Å². The number of hydrogen-bond donors (Lipinski definition) is 1. The fourth-order valence-electron chi connectivity index (χ4n) is 2.92. The van der Waals surface area contributed by atoms with E-state index in [4.69, 9.17) is 0 Å². The Morgan fingerprint density at radius 2 is 1.95 bits per heavy atom. The first-order chi connectivity index (χ1) is 10.1. The Hall–Kier alpha value is -0.810. The molecular weight excluding hydrogens is 290 g/mol. The van der Waals surface area contributed by atoms with Gasteiger partial charge in [0, 0.05) is 16.6 Å². The van der Waals surface area contributed by atoms with Crippen molar-refractivity contribution in [2.75, 3.05) is 25.0 Å². The number of halogens is 2. The van der Waals surface area contributed by atoms with Crippen LogP contribution in [0.25, 0.3) is 0 Å². The first-order valence-electron chi connectivity index (χ1n) is 7.63. The molecule has 1 aromatic carbocycles. The van der Waals surface area contributed by atoms with Gasteiger partial charge in [-0.15, -0.1) is 0 Å². The summed E-state index contributed by atoms with van der Waals surface area (Å²) < 4.78 is 25.2. The Morgan fingerprint density at radius 3 is 2.57 bits per heavy atom. The molecule has 1 atom stereocenters. The highest BCUT2D eigenvalue weighted by atomic mass is 32.2. The molecule has 0 radical (unpaired) electrons. The summed E-state index contributed by atoms with van der Waals surface area (Å²) in [4.78, 5) is 3.09. The smallest absolute Gasteiger partial charge is 0.288 e. The van der Waals surface area contributed by atoms with Gasteiger partial charge in [-0.1, -0.05) is 30.8 Å². The number of nitrogens with one attached hydrogen (secondary N) is 1. The molecule has 21 heavy (non-hydrogen) atoms. The van der Waals surface area contributed by atoms with Gasteiger partial charge in [0.1, 0.15) is 0 Å². The third-order valence-corrected chi connectivity index (χ3v) is 5.06. The van der Waals surface area contributed by atoms with E-state index in [1.54, 1.807) is 12.1 Å². The summed E-state index contributed by atoms with van der Waals surface area (Å²) in [5.41, 5.74) is 0.827. The summed E-state index contributed by atoms with van der Waals surface area (Å²) in [7, 11) is 0. The van der Waals surface area contributed by atoms with Gasteiger partial charge in [-0.2, -0.15) is 8.78 Å². The van der Waals surface area contributed by atoms with Crippen LogP contribution >= 0.6 is 11.8 Å². The summed E-state index contributed by atoms with van der Waals surface area (Å²) in [6, 6.07) is 7.65. The van der Waals surface area contributed by atoms with Gasteiger partial charge in [0.05, 0.1) is 0 Å². The number of thioether (sulfide) groups is 1. The lowest BCUT2D eigenvalue weighted by atomic mass is 9.90. The topological polar surface area (TPSA) is 15.3 Å². The Labute approximate surface area is 130 Å². The van der Waals surface area contributed by atoms with Crippen molar-refractivity contribution in [3.05, 3.63) is 24.3 Å². The summed E-state index contributed by atoms with van der Waals surface area (Å²) in [6.07, 6.45) is 2.35. The minimum absolute atomic E-state index is 0.309. The number of likely N-dealkylation sites (tertiary alicyclic amines) is 1. The van der Waals surface area contributed by atoms with Crippen LogP contribution in [0.1, 0.15) is 26.7 Å². The molecule has 2 nitrogen and oxygen atoms in total. The second kappa shape index (κ2) is 7.99. The van der Waals surface area contributed by atoms with Crippen LogP contribution in [0.2, 0.25) is 0 Å². The quantitative estimate of drug-likeness (QED) is 0.776. The maximum atomic E-state index is 12.6. The predicted octanol–water partition coefficient (Wildman–Crippen LogP) is 4.53. The second-order valence-corrected chi connectivity index (χ2v) is 6.61. The number of benzene rings is 1. The number of rotatable bonds is 6. The molecular formula is C16H24F2N2S. The number of para-hydroxylation sites is 1. The van der Waals surface area contributed by atoms with E-state index in [0.29, 0.717) is 28.6 Å². The number of nitrogens with zero attached hydrogens (tertiary/aromatic N) is 1. The highest BCUT2D eigenvalue weighted by Crippen LogP contribution is 2.33. The van der Waals surface area contributed by atoms with E-state index in [-0.39, 0.29) is 0 Å². The van der Waals surface area contributed by atoms with Gasteiger partial charge in [0.2, 0.25) is 0 Å².